The lowest BCUT2D eigenvalue weighted by Gasteiger charge is -2.11. The van der Waals surface area contributed by atoms with Crippen molar-refractivity contribution in [3.63, 3.8) is 0 Å². The first kappa shape index (κ1) is 14.0. The fraction of sp³-hybridized carbons (Fsp3) is 0. The summed E-state index contributed by atoms with van der Waals surface area (Å²) in [6.07, 6.45) is 0. The number of nitrogens with two attached hydrogens (primary N) is 1. The van der Waals surface area contributed by atoms with Crippen molar-refractivity contribution in [3.05, 3.63) is 56.7 Å². The van der Waals surface area contributed by atoms with Gasteiger partial charge in [-0.05, 0) is 46.3 Å². The van der Waals surface area contributed by atoms with Crippen molar-refractivity contribution in [2.24, 2.45) is 5.73 Å². The van der Waals surface area contributed by atoms with E-state index in [2.05, 4.69) is 31.9 Å². The van der Waals surface area contributed by atoms with Gasteiger partial charge in [-0.25, -0.2) is 4.39 Å². The van der Waals surface area contributed by atoms with Crippen LogP contribution in [0.15, 0.2) is 45.3 Å². The molecule has 0 saturated heterocycles. The van der Waals surface area contributed by atoms with Gasteiger partial charge in [-0.15, -0.1) is 0 Å². The van der Waals surface area contributed by atoms with Gasteiger partial charge in [0.05, 0.1) is 10.0 Å². The summed E-state index contributed by atoms with van der Waals surface area (Å²) in [6.45, 7) is 0. The van der Waals surface area contributed by atoms with Gasteiger partial charge in [0.25, 0.3) is 0 Å². The van der Waals surface area contributed by atoms with Crippen LogP contribution in [0.4, 0.5) is 4.39 Å². The second-order valence-electron chi connectivity index (χ2n) is 3.73. The highest BCUT2D eigenvalue weighted by molar-refractivity contribution is 9.10. The number of benzene rings is 2. The van der Waals surface area contributed by atoms with E-state index in [-0.39, 0.29) is 5.84 Å². The van der Waals surface area contributed by atoms with Gasteiger partial charge < -0.3 is 10.5 Å². The van der Waals surface area contributed by atoms with E-state index in [0.717, 1.165) is 4.47 Å². The van der Waals surface area contributed by atoms with Crippen LogP contribution >= 0.6 is 31.9 Å². The Labute approximate surface area is 126 Å². The maximum absolute atomic E-state index is 13.4. The molecular formula is C13H9Br2FN2O. The van der Waals surface area contributed by atoms with Crippen LogP contribution in [0.25, 0.3) is 0 Å². The highest BCUT2D eigenvalue weighted by Crippen LogP contribution is 2.29. The Morgan fingerprint density at radius 2 is 1.89 bits per heavy atom. The van der Waals surface area contributed by atoms with E-state index in [9.17, 15) is 4.39 Å². The first-order valence-corrected chi connectivity index (χ1v) is 6.83. The summed E-state index contributed by atoms with van der Waals surface area (Å²) < 4.78 is 20.1. The van der Waals surface area contributed by atoms with Gasteiger partial charge in [0.15, 0.2) is 0 Å². The van der Waals surface area contributed by atoms with Crippen molar-refractivity contribution in [2.45, 2.75) is 0 Å². The van der Waals surface area contributed by atoms with Crippen LogP contribution in [0.5, 0.6) is 11.5 Å². The lowest BCUT2D eigenvalue weighted by atomic mass is 10.2. The number of rotatable bonds is 3. The molecule has 2 aromatic rings. The number of hydrogen-bond donors (Lipinski definition) is 2. The van der Waals surface area contributed by atoms with Crippen molar-refractivity contribution in [1.29, 1.82) is 5.41 Å². The molecule has 0 aliphatic carbocycles. The number of ether oxygens (including phenoxy) is 1. The Morgan fingerprint density at radius 3 is 2.53 bits per heavy atom. The van der Waals surface area contributed by atoms with E-state index in [1.54, 1.807) is 30.3 Å². The van der Waals surface area contributed by atoms with E-state index >= 15 is 0 Å². The largest absolute Gasteiger partial charge is 0.456 e. The summed E-state index contributed by atoms with van der Waals surface area (Å²) in [6, 6.07) is 9.54. The number of amidine groups is 1. The minimum atomic E-state index is -0.418. The van der Waals surface area contributed by atoms with Gasteiger partial charge in [-0.1, -0.05) is 15.9 Å². The molecule has 0 fully saturated rings. The normalized spacial score (nSPS) is 10.3. The summed E-state index contributed by atoms with van der Waals surface area (Å²) >= 11 is 6.37. The lowest BCUT2D eigenvalue weighted by molar-refractivity contribution is 0.475. The molecule has 0 unspecified atom stereocenters. The van der Waals surface area contributed by atoms with Crippen LogP contribution in [0.2, 0.25) is 0 Å². The van der Waals surface area contributed by atoms with Gasteiger partial charge in [0, 0.05) is 10.5 Å². The molecule has 0 bridgehead atoms. The van der Waals surface area contributed by atoms with E-state index in [0.29, 0.717) is 21.5 Å². The molecule has 0 saturated carbocycles. The van der Waals surface area contributed by atoms with Crippen LogP contribution in [0.3, 0.4) is 0 Å². The van der Waals surface area contributed by atoms with Crippen LogP contribution in [0.1, 0.15) is 5.56 Å². The average Bonchev–Trinajstić information content (AvgIpc) is 2.36. The molecule has 0 radical (unpaired) electrons. The topological polar surface area (TPSA) is 59.1 Å². The summed E-state index contributed by atoms with van der Waals surface area (Å²) in [5.74, 6) is 0.204. The van der Waals surface area contributed by atoms with E-state index in [1.807, 2.05) is 0 Å². The van der Waals surface area contributed by atoms with E-state index in [4.69, 9.17) is 15.9 Å². The molecule has 0 spiro atoms. The molecule has 98 valence electrons. The Kier molecular flexibility index (Phi) is 4.21. The first-order chi connectivity index (χ1) is 8.97. The molecule has 2 rings (SSSR count). The lowest BCUT2D eigenvalue weighted by Crippen LogP contribution is -2.12. The maximum Gasteiger partial charge on any atom is 0.141 e. The number of nitrogens with one attached hydrogen (secondary N) is 1. The molecule has 2 aromatic carbocycles. The molecule has 6 heteroatoms. The van der Waals surface area contributed by atoms with Crippen LogP contribution < -0.4 is 10.5 Å². The standard InChI is InChI=1S/C13H9Br2FN2O/c14-7-1-4-12(9(5-7)13(17)18)19-8-2-3-10(15)11(16)6-8/h1-6H,(H3,17,18). The highest BCUT2D eigenvalue weighted by Gasteiger charge is 2.10. The highest BCUT2D eigenvalue weighted by atomic mass is 79.9. The number of nitrogen functional groups attached to an aromatic ring is 1. The molecule has 0 atom stereocenters. The summed E-state index contributed by atoms with van der Waals surface area (Å²) in [5.41, 5.74) is 5.93. The fourth-order valence-electron chi connectivity index (χ4n) is 1.47. The third-order valence-electron chi connectivity index (χ3n) is 2.35. The summed E-state index contributed by atoms with van der Waals surface area (Å²) in [4.78, 5) is 0. The van der Waals surface area contributed by atoms with Crippen molar-refractivity contribution in [3.8, 4) is 11.5 Å². The Morgan fingerprint density at radius 1 is 1.16 bits per heavy atom. The predicted molar refractivity (Wildman–Crippen MR) is 79.3 cm³/mol. The van der Waals surface area contributed by atoms with Gasteiger partial charge in [-0.2, -0.15) is 0 Å². The molecule has 3 nitrogen and oxygen atoms in total. The molecule has 3 N–H and O–H groups in total. The molecule has 0 aromatic heterocycles. The molecule has 19 heavy (non-hydrogen) atoms. The molecule has 0 aliphatic rings. The fourth-order valence-corrected chi connectivity index (χ4v) is 2.08. The van der Waals surface area contributed by atoms with E-state index < -0.39 is 5.82 Å². The minimum Gasteiger partial charge on any atom is -0.456 e. The number of hydrogen-bond acceptors (Lipinski definition) is 2. The average molecular weight is 388 g/mol. The zero-order chi connectivity index (χ0) is 14.0. The van der Waals surface area contributed by atoms with Crippen LogP contribution in [0, 0.1) is 11.2 Å². The zero-order valence-corrected chi connectivity index (χ0v) is 12.8. The molecule has 0 heterocycles. The minimum absolute atomic E-state index is 0.117. The second kappa shape index (κ2) is 5.71. The third-order valence-corrected chi connectivity index (χ3v) is 3.49. The summed E-state index contributed by atoms with van der Waals surface area (Å²) in [5, 5.41) is 7.51. The second-order valence-corrected chi connectivity index (χ2v) is 5.50. The Bertz CT molecular complexity index is 647. The molecular weight excluding hydrogens is 379 g/mol. The number of halogens is 3. The SMILES string of the molecule is N=C(N)c1cc(Br)ccc1Oc1ccc(Br)c(F)c1. The van der Waals surface area contributed by atoms with Gasteiger partial charge in [-0.3, -0.25) is 5.41 Å². The first-order valence-electron chi connectivity index (χ1n) is 5.24. The van der Waals surface area contributed by atoms with Crippen LogP contribution in [-0.4, -0.2) is 5.84 Å². The summed E-state index contributed by atoms with van der Waals surface area (Å²) in [7, 11) is 0. The van der Waals surface area contributed by atoms with Crippen molar-refractivity contribution < 1.29 is 9.13 Å². The van der Waals surface area contributed by atoms with Gasteiger partial charge >= 0.3 is 0 Å². The van der Waals surface area contributed by atoms with Gasteiger partial charge in [0.1, 0.15) is 23.2 Å². The Hall–Kier alpha value is -1.40. The molecule has 0 amide bonds. The zero-order valence-electron chi connectivity index (χ0n) is 9.58. The van der Waals surface area contributed by atoms with E-state index in [1.165, 1.54) is 6.07 Å². The maximum atomic E-state index is 13.4. The third kappa shape index (κ3) is 3.33. The van der Waals surface area contributed by atoms with Gasteiger partial charge in [0.2, 0.25) is 0 Å². The van der Waals surface area contributed by atoms with Crippen molar-refractivity contribution in [1.82, 2.24) is 0 Å². The molecule has 0 aliphatic heterocycles. The smallest absolute Gasteiger partial charge is 0.141 e. The predicted octanol–water partition coefficient (Wildman–Crippen LogP) is 4.43. The van der Waals surface area contributed by atoms with Crippen molar-refractivity contribution >= 4 is 37.7 Å². The van der Waals surface area contributed by atoms with Crippen LogP contribution in [-0.2, 0) is 0 Å². The quantitative estimate of drug-likeness (QED) is 0.604. The monoisotopic (exact) mass is 386 g/mol. The van der Waals surface area contributed by atoms with Crippen molar-refractivity contribution in [2.75, 3.05) is 0 Å². The Balaban J connectivity index is 2.37.